The van der Waals surface area contributed by atoms with E-state index >= 15 is 0 Å². The summed E-state index contributed by atoms with van der Waals surface area (Å²) in [6.07, 6.45) is 2.81. The van der Waals surface area contributed by atoms with E-state index in [1.807, 2.05) is 24.3 Å². The van der Waals surface area contributed by atoms with Crippen LogP contribution in [0, 0.1) is 0 Å². The minimum absolute atomic E-state index is 0.349. The van der Waals surface area contributed by atoms with E-state index in [-0.39, 0.29) is 11.9 Å². The number of esters is 2. The summed E-state index contributed by atoms with van der Waals surface area (Å²) >= 11 is 0. The molecule has 130 valence electrons. The van der Waals surface area contributed by atoms with Crippen molar-refractivity contribution in [1.29, 1.82) is 0 Å². The van der Waals surface area contributed by atoms with Gasteiger partial charge < -0.3 is 20.1 Å². The molecule has 6 nitrogen and oxygen atoms in total. The van der Waals surface area contributed by atoms with Crippen LogP contribution in [0.15, 0.2) is 47.8 Å². The number of anilines is 2. The van der Waals surface area contributed by atoms with Gasteiger partial charge in [0.2, 0.25) is 0 Å². The van der Waals surface area contributed by atoms with Gasteiger partial charge >= 0.3 is 11.9 Å². The molecule has 0 saturated carbocycles. The van der Waals surface area contributed by atoms with Gasteiger partial charge in [0, 0.05) is 34.9 Å². The summed E-state index contributed by atoms with van der Waals surface area (Å²) in [5.41, 5.74) is 3.05. The largest absolute Gasteiger partial charge is 0.463 e. The number of nitrogens with one attached hydrogen (secondary N) is 2. The predicted molar refractivity (Wildman–Crippen MR) is 94.5 cm³/mol. The highest BCUT2D eigenvalue weighted by atomic mass is 16.5. The monoisotopic (exact) mass is 332 g/mol. The van der Waals surface area contributed by atoms with Crippen molar-refractivity contribution >= 4 is 23.3 Å². The van der Waals surface area contributed by atoms with Crippen molar-refractivity contribution in [2.24, 2.45) is 0 Å². The van der Waals surface area contributed by atoms with Crippen LogP contribution in [0.25, 0.3) is 0 Å². The SMILES string of the molecule is CCOC(=O)/C=C(/C)Nc1ccc(N/C(C)=C\C(=O)OCC)cc1. The maximum Gasteiger partial charge on any atom is 0.332 e. The zero-order chi connectivity index (χ0) is 17.9. The highest BCUT2D eigenvalue weighted by Gasteiger charge is 2.01. The second kappa shape index (κ2) is 10.1. The molecular formula is C18H24N2O4. The second-order valence-corrected chi connectivity index (χ2v) is 4.99. The molecule has 0 atom stereocenters. The minimum atomic E-state index is -0.375. The number of rotatable bonds is 8. The number of allylic oxidation sites excluding steroid dienone is 2. The van der Waals surface area contributed by atoms with Crippen LogP contribution in [0.1, 0.15) is 27.7 Å². The van der Waals surface area contributed by atoms with E-state index in [0.717, 1.165) is 11.4 Å². The first-order valence-electron chi connectivity index (χ1n) is 7.78. The molecule has 24 heavy (non-hydrogen) atoms. The molecule has 1 aromatic carbocycles. The third-order valence-electron chi connectivity index (χ3n) is 2.81. The number of benzene rings is 1. The highest BCUT2D eigenvalue weighted by Crippen LogP contribution is 2.16. The maximum absolute atomic E-state index is 11.4. The van der Waals surface area contributed by atoms with Crippen LogP contribution < -0.4 is 10.6 Å². The summed E-state index contributed by atoms with van der Waals surface area (Å²) in [6.45, 7) is 7.80. The van der Waals surface area contributed by atoms with Gasteiger partial charge in [-0.15, -0.1) is 0 Å². The van der Waals surface area contributed by atoms with Gasteiger partial charge in [-0.1, -0.05) is 0 Å². The average molecular weight is 332 g/mol. The van der Waals surface area contributed by atoms with Gasteiger partial charge in [-0.2, -0.15) is 0 Å². The summed E-state index contributed by atoms with van der Waals surface area (Å²) in [7, 11) is 0. The zero-order valence-electron chi connectivity index (χ0n) is 14.5. The molecule has 1 aromatic rings. The topological polar surface area (TPSA) is 76.7 Å². The van der Waals surface area contributed by atoms with Gasteiger partial charge in [-0.25, -0.2) is 9.59 Å². The van der Waals surface area contributed by atoms with E-state index in [9.17, 15) is 9.59 Å². The van der Waals surface area contributed by atoms with Crippen LogP contribution in [0.4, 0.5) is 11.4 Å². The van der Waals surface area contributed by atoms with Crippen molar-refractivity contribution in [2.45, 2.75) is 27.7 Å². The van der Waals surface area contributed by atoms with Gasteiger partial charge in [0.05, 0.1) is 13.2 Å². The predicted octanol–water partition coefficient (Wildman–Crippen LogP) is 3.44. The number of ether oxygens (including phenoxy) is 2. The first-order valence-corrected chi connectivity index (χ1v) is 7.78. The lowest BCUT2D eigenvalue weighted by Gasteiger charge is -2.10. The van der Waals surface area contributed by atoms with Crippen LogP contribution in [0.2, 0.25) is 0 Å². The molecule has 1 rings (SSSR count). The number of hydrogen-bond acceptors (Lipinski definition) is 6. The van der Waals surface area contributed by atoms with E-state index in [1.54, 1.807) is 27.7 Å². The van der Waals surface area contributed by atoms with Gasteiger partial charge in [0.15, 0.2) is 0 Å². The standard InChI is InChI=1S/C18H24N2O4/c1-5-23-17(21)11-13(3)19-15-7-9-16(10-8-15)20-14(4)12-18(22)24-6-2/h7-12,19-20H,5-6H2,1-4H3/b13-11-,14-12-. The summed E-state index contributed by atoms with van der Waals surface area (Å²) < 4.78 is 9.71. The Bertz CT molecular complexity index is 563. The van der Waals surface area contributed by atoms with Gasteiger partial charge in [0.1, 0.15) is 0 Å². The second-order valence-electron chi connectivity index (χ2n) is 4.99. The van der Waals surface area contributed by atoms with Gasteiger partial charge in [-0.05, 0) is 52.0 Å². The normalized spacial score (nSPS) is 11.7. The van der Waals surface area contributed by atoms with E-state index < -0.39 is 0 Å². The molecular weight excluding hydrogens is 308 g/mol. The minimum Gasteiger partial charge on any atom is -0.463 e. The average Bonchev–Trinajstić information content (AvgIpc) is 2.49. The van der Waals surface area contributed by atoms with Crippen molar-refractivity contribution in [3.63, 3.8) is 0 Å². The molecule has 0 radical (unpaired) electrons. The van der Waals surface area contributed by atoms with E-state index in [2.05, 4.69) is 10.6 Å². The van der Waals surface area contributed by atoms with E-state index in [1.165, 1.54) is 12.2 Å². The summed E-state index contributed by atoms with van der Waals surface area (Å²) in [6, 6.07) is 7.45. The molecule has 0 aliphatic rings. The van der Waals surface area contributed by atoms with Crippen LogP contribution in [0.3, 0.4) is 0 Å². The first kappa shape index (κ1) is 19.3. The Morgan fingerprint density at radius 2 is 1.17 bits per heavy atom. The first-order chi connectivity index (χ1) is 11.4. The maximum atomic E-state index is 11.4. The highest BCUT2D eigenvalue weighted by molar-refractivity contribution is 5.84. The lowest BCUT2D eigenvalue weighted by atomic mass is 10.2. The number of carbonyl (C=O) groups is 2. The summed E-state index contributed by atoms with van der Waals surface area (Å²) in [5, 5.41) is 6.21. The fraction of sp³-hybridized carbons (Fsp3) is 0.333. The Balaban J connectivity index is 2.63. The molecule has 6 heteroatoms. The molecule has 0 aliphatic carbocycles. The molecule has 0 saturated heterocycles. The Labute approximate surface area is 142 Å². The molecule has 0 fully saturated rings. The quantitative estimate of drug-likeness (QED) is 0.561. The van der Waals surface area contributed by atoms with Crippen LogP contribution in [-0.2, 0) is 19.1 Å². The van der Waals surface area contributed by atoms with Crippen LogP contribution in [-0.4, -0.2) is 25.2 Å². The third kappa shape index (κ3) is 7.49. The van der Waals surface area contributed by atoms with Crippen molar-refractivity contribution in [3.8, 4) is 0 Å². The van der Waals surface area contributed by atoms with Crippen molar-refractivity contribution in [3.05, 3.63) is 47.8 Å². The molecule has 0 unspecified atom stereocenters. The summed E-state index contributed by atoms with van der Waals surface area (Å²) in [4.78, 5) is 22.7. The fourth-order valence-electron chi connectivity index (χ4n) is 1.89. The van der Waals surface area contributed by atoms with E-state index in [4.69, 9.17) is 9.47 Å². The van der Waals surface area contributed by atoms with Crippen molar-refractivity contribution in [1.82, 2.24) is 0 Å². The molecule has 0 aromatic heterocycles. The van der Waals surface area contributed by atoms with Crippen molar-refractivity contribution in [2.75, 3.05) is 23.8 Å². The molecule has 0 heterocycles. The Morgan fingerprint density at radius 1 is 0.833 bits per heavy atom. The Morgan fingerprint density at radius 3 is 1.46 bits per heavy atom. The number of hydrogen-bond donors (Lipinski definition) is 2. The fourth-order valence-corrected chi connectivity index (χ4v) is 1.89. The third-order valence-corrected chi connectivity index (χ3v) is 2.81. The number of carbonyl (C=O) groups excluding carboxylic acids is 2. The molecule has 2 N–H and O–H groups in total. The lowest BCUT2D eigenvalue weighted by molar-refractivity contribution is -0.138. The van der Waals surface area contributed by atoms with Crippen LogP contribution >= 0.6 is 0 Å². The lowest BCUT2D eigenvalue weighted by Crippen LogP contribution is -2.05. The Kier molecular flexibility index (Phi) is 8.11. The molecule has 0 aliphatic heterocycles. The zero-order valence-corrected chi connectivity index (χ0v) is 14.5. The van der Waals surface area contributed by atoms with Crippen LogP contribution in [0.5, 0.6) is 0 Å². The van der Waals surface area contributed by atoms with E-state index in [0.29, 0.717) is 24.6 Å². The van der Waals surface area contributed by atoms with Gasteiger partial charge in [-0.3, -0.25) is 0 Å². The smallest absolute Gasteiger partial charge is 0.332 e. The molecule has 0 spiro atoms. The molecule has 0 bridgehead atoms. The van der Waals surface area contributed by atoms with Gasteiger partial charge in [0.25, 0.3) is 0 Å². The molecule has 0 amide bonds. The Hall–Kier alpha value is -2.76. The summed E-state index contributed by atoms with van der Waals surface area (Å²) in [5.74, 6) is -0.749. The van der Waals surface area contributed by atoms with Crippen molar-refractivity contribution < 1.29 is 19.1 Å².